The van der Waals surface area contributed by atoms with Crippen LogP contribution in [0.1, 0.15) is 18.4 Å². The number of hydrogen-bond acceptors (Lipinski definition) is 4. The molecule has 0 spiro atoms. The molecule has 0 saturated carbocycles. The van der Waals surface area contributed by atoms with Crippen LogP contribution in [0, 0.1) is 0 Å². The zero-order chi connectivity index (χ0) is 14.9. The minimum Gasteiger partial charge on any atom is -0.497 e. The number of methoxy groups -OCH3 is 1. The Morgan fingerprint density at radius 1 is 1.18 bits per heavy atom. The number of ether oxygens (including phenoxy) is 2. The van der Waals surface area contributed by atoms with Crippen molar-refractivity contribution >= 4 is 0 Å². The number of piperidine rings is 1. The van der Waals surface area contributed by atoms with E-state index in [1.807, 2.05) is 12.1 Å². The van der Waals surface area contributed by atoms with Crippen molar-refractivity contribution in [3.8, 4) is 11.5 Å². The lowest BCUT2D eigenvalue weighted by atomic mass is 10.0. The summed E-state index contributed by atoms with van der Waals surface area (Å²) in [7, 11) is 1.69. The Bertz CT molecular complexity index is 576. The molecule has 1 aromatic carbocycles. The average molecular weight is 300 g/mol. The Morgan fingerprint density at radius 2 is 2.05 bits per heavy atom. The second-order valence-corrected chi connectivity index (χ2v) is 6.54. The third-order valence-electron chi connectivity index (χ3n) is 5.15. The van der Waals surface area contributed by atoms with Gasteiger partial charge in [0.25, 0.3) is 0 Å². The van der Waals surface area contributed by atoms with Crippen molar-refractivity contribution < 1.29 is 9.47 Å². The first kappa shape index (κ1) is 13.9. The van der Waals surface area contributed by atoms with Gasteiger partial charge in [-0.3, -0.25) is 0 Å². The maximum atomic E-state index is 5.95. The lowest BCUT2D eigenvalue weighted by Crippen LogP contribution is -2.35. The topological polar surface area (TPSA) is 24.9 Å². The van der Waals surface area contributed by atoms with Crippen LogP contribution in [-0.4, -0.2) is 55.7 Å². The van der Waals surface area contributed by atoms with Crippen molar-refractivity contribution in [1.82, 2.24) is 9.80 Å². The lowest BCUT2D eigenvalue weighted by molar-refractivity contribution is 0.219. The maximum absolute atomic E-state index is 5.95. The van der Waals surface area contributed by atoms with E-state index >= 15 is 0 Å². The molecule has 0 atom stereocenters. The standard InChI is InChI=1S/C18H24N2O2/c1-21-17-3-2-15-10-14(13-22-18(15)11-17)12-20-9-8-19-6-4-16(20)5-7-19/h2-3,11-12,16H,4-10,13H2,1H3/b14-12+. The Hall–Kier alpha value is -1.68. The molecular formula is C18H24N2O2. The molecule has 4 aliphatic rings. The van der Waals surface area contributed by atoms with E-state index in [1.165, 1.54) is 43.6 Å². The SMILES string of the molecule is COc1ccc2c(c1)OC/C(=C/N1CCN3CCC1CC3)C2. The molecular weight excluding hydrogens is 276 g/mol. The van der Waals surface area contributed by atoms with Crippen molar-refractivity contribution in [2.24, 2.45) is 0 Å². The monoisotopic (exact) mass is 300 g/mol. The van der Waals surface area contributed by atoms with Gasteiger partial charge in [-0.05, 0) is 30.0 Å². The number of hydrogen-bond donors (Lipinski definition) is 0. The van der Waals surface area contributed by atoms with Gasteiger partial charge in [0.2, 0.25) is 0 Å². The molecule has 5 rings (SSSR count). The first-order valence-corrected chi connectivity index (χ1v) is 8.29. The van der Waals surface area contributed by atoms with Gasteiger partial charge in [0.15, 0.2) is 0 Å². The Kier molecular flexibility index (Phi) is 3.70. The molecule has 0 amide bonds. The van der Waals surface area contributed by atoms with Crippen molar-refractivity contribution in [1.29, 1.82) is 0 Å². The van der Waals surface area contributed by atoms with E-state index in [0.29, 0.717) is 6.61 Å². The average Bonchev–Trinajstić information content (AvgIpc) is 2.88. The van der Waals surface area contributed by atoms with Gasteiger partial charge in [-0.1, -0.05) is 6.07 Å². The lowest BCUT2D eigenvalue weighted by Gasteiger charge is -2.32. The van der Waals surface area contributed by atoms with Gasteiger partial charge in [-0.15, -0.1) is 0 Å². The summed E-state index contributed by atoms with van der Waals surface area (Å²) < 4.78 is 11.2. The van der Waals surface area contributed by atoms with E-state index in [9.17, 15) is 0 Å². The van der Waals surface area contributed by atoms with E-state index in [2.05, 4.69) is 22.1 Å². The van der Waals surface area contributed by atoms with Crippen LogP contribution in [0.4, 0.5) is 0 Å². The van der Waals surface area contributed by atoms with E-state index in [1.54, 1.807) is 7.11 Å². The second kappa shape index (κ2) is 5.84. The van der Waals surface area contributed by atoms with Gasteiger partial charge in [-0.2, -0.15) is 0 Å². The summed E-state index contributed by atoms with van der Waals surface area (Å²) in [5.74, 6) is 1.84. The van der Waals surface area contributed by atoms with Crippen LogP contribution in [0.2, 0.25) is 0 Å². The van der Waals surface area contributed by atoms with Crippen LogP contribution in [0.15, 0.2) is 30.0 Å². The summed E-state index contributed by atoms with van der Waals surface area (Å²) in [5, 5.41) is 0. The largest absolute Gasteiger partial charge is 0.497 e. The van der Waals surface area contributed by atoms with Crippen LogP contribution in [0.25, 0.3) is 0 Å². The van der Waals surface area contributed by atoms with Gasteiger partial charge < -0.3 is 19.3 Å². The number of benzene rings is 1. The molecule has 0 N–H and O–H groups in total. The Morgan fingerprint density at radius 3 is 2.86 bits per heavy atom. The van der Waals surface area contributed by atoms with E-state index in [0.717, 1.165) is 30.5 Å². The van der Waals surface area contributed by atoms with Crippen molar-refractivity contribution in [2.75, 3.05) is 39.9 Å². The van der Waals surface area contributed by atoms with Crippen LogP contribution in [0.5, 0.6) is 11.5 Å². The molecule has 0 aromatic heterocycles. The molecule has 0 radical (unpaired) electrons. The fourth-order valence-corrected chi connectivity index (χ4v) is 3.81. The molecule has 118 valence electrons. The molecule has 2 bridgehead atoms. The highest BCUT2D eigenvalue weighted by Crippen LogP contribution is 2.31. The van der Waals surface area contributed by atoms with Gasteiger partial charge in [0.05, 0.1) is 7.11 Å². The molecule has 1 aromatic rings. The zero-order valence-corrected chi connectivity index (χ0v) is 13.3. The Labute approximate surface area is 132 Å². The van der Waals surface area contributed by atoms with Crippen molar-refractivity contribution in [2.45, 2.75) is 25.3 Å². The van der Waals surface area contributed by atoms with Gasteiger partial charge >= 0.3 is 0 Å². The summed E-state index contributed by atoms with van der Waals surface area (Å²) in [6.07, 6.45) is 5.98. The molecule has 3 fully saturated rings. The molecule has 3 saturated heterocycles. The summed E-state index contributed by atoms with van der Waals surface area (Å²) in [4.78, 5) is 5.16. The molecule has 4 heterocycles. The minimum absolute atomic E-state index is 0.701. The number of rotatable bonds is 2. The molecule has 0 unspecified atom stereocenters. The van der Waals surface area contributed by atoms with E-state index in [-0.39, 0.29) is 0 Å². The number of nitrogens with zero attached hydrogens (tertiary/aromatic N) is 2. The molecule has 0 aliphatic carbocycles. The van der Waals surface area contributed by atoms with Crippen LogP contribution >= 0.6 is 0 Å². The van der Waals surface area contributed by atoms with Gasteiger partial charge in [0, 0.05) is 50.9 Å². The quantitative estimate of drug-likeness (QED) is 0.837. The smallest absolute Gasteiger partial charge is 0.127 e. The van der Waals surface area contributed by atoms with E-state index in [4.69, 9.17) is 9.47 Å². The molecule has 4 heteroatoms. The first-order valence-electron chi connectivity index (χ1n) is 8.29. The normalized spacial score (nSPS) is 29.0. The zero-order valence-electron chi connectivity index (χ0n) is 13.3. The van der Waals surface area contributed by atoms with Crippen molar-refractivity contribution in [3.63, 3.8) is 0 Å². The van der Waals surface area contributed by atoms with Gasteiger partial charge in [-0.25, -0.2) is 0 Å². The minimum atomic E-state index is 0.701. The van der Waals surface area contributed by atoms with Crippen LogP contribution in [-0.2, 0) is 6.42 Å². The van der Waals surface area contributed by atoms with Crippen molar-refractivity contribution in [3.05, 3.63) is 35.5 Å². The van der Waals surface area contributed by atoms with Crippen LogP contribution < -0.4 is 9.47 Å². The fourth-order valence-electron chi connectivity index (χ4n) is 3.81. The van der Waals surface area contributed by atoms with E-state index < -0.39 is 0 Å². The predicted octanol–water partition coefficient (Wildman–Crippen LogP) is 2.29. The highest BCUT2D eigenvalue weighted by molar-refractivity contribution is 5.44. The predicted molar refractivity (Wildman–Crippen MR) is 86.4 cm³/mol. The van der Waals surface area contributed by atoms with Crippen LogP contribution in [0.3, 0.4) is 0 Å². The molecule has 22 heavy (non-hydrogen) atoms. The number of fused-ring (bicyclic) bond motifs is 5. The third-order valence-corrected chi connectivity index (χ3v) is 5.15. The molecule has 4 nitrogen and oxygen atoms in total. The molecule has 4 aliphatic heterocycles. The summed E-state index contributed by atoms with van der Waals surface area (Å²) >= 11 is 0. The fraction of sp³-hybridized carbons (Fsp3) is 0.556. The summed E-state index contributed by atoms with van der Waals surface area (Å²) in [5.41, 5.74) is 2.65. The Balaban J connectivity index is 1.51. The van der Waals surface area contributed by atoms with Gasteiger partial charge in [0.1, 0.15) is 18.1 Å². The second-order valence-electron chi connectivity index (χ2n) is 6.54. The summed E-state index contributed by atoms with van der Waals surface area (Å²) in [6, 6.07) is 6.86. The maximum Gasteiger partial charge on any atom is 0.127 e. The third kappa shape index (κ3) is 2.68. The highest BCUT2D eigenvalue weighted by Gasteiger charge is 2.28. The highest BCUT2D eigenvalue weighted by atomic mass is 16.5. The first-order chi connectivity index (χ1) is 10.8. The summed E-state index contributed by atoms with van der Waals surface area (Å²) in [6.45, 7) is 5.60.